The lowest BCUT2D eigenvalue weighted by molar-refractivity contribution is 0.0782. The summed E-state index contributed by atoms with van der Waals surface area (Å²) in [6.45, 7) is 9.63. The van der Waals surface area contributed by atoms with Gasteiger partial charge in [0.25, 0.3) is 5.91 Å². The number of carbonyl (C=O) groups is 1. The number of methoxy groups -OCH3 is 3. The first-order valence-corrected chi connectivity index (χ1v) is 15.7. The first-order chi connectivity index (χ1) is 22.4. The number of carbonyl (C=O) groups excluding carboxylic acids is 1. The monoisotopic (exact) mass is 629 g/mol. The number of amides is 1. The smallest absolute Gasteiger partial charge is 0.253 e. The molecule has 1 aliphatic heterocycles. The molecule has 46 heavy (non-hydrogen) atoms. The molecule has 0 aliphatic carbocycles. The van der Waals surface area contributed by atoms with Gasteiger partial charge in [-0.2, -0.15) is 0 Å². The zero-order chi connectivity index (χ0) is 32.6. The second-order valence-corrected chi connectivity index (χ2v) is 11.6. The van der Waals surface area contributed by atoms with Gasteiger partial charge in [0.2, 0.25) is 11.7 Å². The maximum absolute atomic E-state index is 13.9. The summed E-state index contributed by atoms with van der Waals surface area (Å²) in [4.78, 5) is 25.2. The molecule has 1 saturated heterocycles. The maximum Gasteiger partial charge on any atom is 0.253 e. The van der Waals surface area contributed by atoms with E-state index < -0.39 is 0 Å². The predicted molar refractivity (Wildman–Crippen MR) is 180 cm³/mol. The van der Waals surface area contributed by atoms with Crippen LogP contribution in [0.1, 0.15) is 34.7 Å². The van der Waals surface area contributed by atoms with Gasteiger partial charge in [0.15, 0.2) is 11.5 Å². The second kappa shape index (κ2) is 15.1. The molecule has 2 heterocycles. The summed E-state index contributed by atoms with van der Waals surface area (Å²) in [5.41, 5.74) is 3.55. The van der Waals surface area contributed by atoms with Crippen molar-refractivity contribution in [2.75, 3.05) is 72.5 Å². The van der Waals surface area contributed by atoms with Crippen molar-refractivity contribution in [1.29, 1.82) is 0 Å². The van der Waals surface area contributed by atoms with Crippen molar-refractivity contribution in [2.45, 2.75) is 25.3 Å². The van der Waals surface area contributed by atoms with Crippen molar-refractivity contribution in [1.82, 2.24) is 19.4 Å². The number of rotatable bonds is 13. The number of benzene rings is 3. The van der Waals surface area contributed by atoms with Crippen molar-refractivity contribution in [2.24, 2.45) is 0 Å². The molecule has 244 valence electrons. The largest absolute Gasteiger partial charge is 0.493 e. The third-order valence-electron chi connectivity index (χ3n) is 8.71. The number of halogens is 1. The zero-order valence-corrected chi connectivity index (χ0v) is 27.2. The lowest BCUT2D eigenvalue weighted by Gasteiger charge is -2.28. The second-order valence-electron chi connectivity index (χ2n) is 11.6. The summed E-state index contributed by atoms with van der Waals surface area (Å²) < 4.78 is 32.5. The molecule has 1 aromatic heterocycles. The van der Waals surface area contributed by atoms with Crippen LogP contribution in [-0.4, -0.2) is 92.9 Å². The van der Waals surface area contributed by atoms with Gasteiger partial charge in [-0.1, -0.05) is 30.3 Å². The third-order valence-corrected chi connectivity index (χ3v) is 8.71. The van der Waals surface area contributed by atoms with Crippen LogP contribution in [0.5, 0.6) is 17.2 Å². The number of fused-ring (bicyclic) bond motifs is 1. The number of hydrogen-bond donors (Lipinski definition) is 0. The summed E-state index contributed by atoms with van der Waals surface area (Å²) in [7, 11) is 6.38. The van der Waals surface area contributed by atoms with E-state index in [0.717, 1.165) is 68.1 Å². The van der Waals surface area contributed by atoms with Crippen LogP contribution < -0.4 is 19.1 Å². The number of anilines is 1. The Morgan fingerprint density at radius 1 is 1.00 bits per heavy atom. The molecule has 1 unspecified atom stereocenters. The van der Waals surface area contributed by atoms with E-state index in [9.17, 15) is 9.18 Å². The quantitative estimate of drug-likeness (QED) is 0.172. The number of allylic oxidation sites excluding steroid dienone is 1. The fraction of sp³-hybridized carbons (Fsp3) is 0.389. The molecular formula is C36H44FN5O4. The van der Waals surface area contributed by atoms with Crippen molar-refractivity contribution in [3.8, 4) is 17.2 Å². The molecular weight excluding hydrogens is 585 g/mol. The minimum absolute atomic E-state index is 0.00716. The van der Waals surface area contributed by atoms with Gasteiger partial charge in [-0.25, -0.2) is 9.37 Å². The summed E-state index contributed by atoms with van der Waals surface area (Å²) in [6.07, 6.45) is 3.74. The first-order valence-electron chi connectivity index (χ1n) is 15.7. The minimum atomic E-state index is -0.278. The van der Waals surface area contributed by atoms with Crippen LogP contribution in [0.4, 0.5) is 10.3 Å². The van der Waals surface area contributed by atoms with Gasteiger partial charge < -0.3 is 33.5 Å². The molecule has 4 aromatic rings. The van der Waals surface area contributed by atoms with E-state index in [-0.39, 0.29) is 17.6 Å². The molecule has 0 radical (unpaired) electrons. The van der Waals surface area contributed by atoms with Crippen LogP contribution in [0.15, 0.2) is 73.3 Å². The number of likely N-dealkylation sites (N-methyl/N-ethyl adjacent to an activating group) is 1. The number of nitrogens with zero attached hydrogens (tertiary/aromatic N) is 5. The summed E-state index contributed by atoms with van der Waals surface area (Å²) in [5.74, 6) is 1.82. The molecule has 0 spiro atoms. The van der Waals surface area contributed by atoms with Crippen molar-refractivity contribution in [3.05, 3.63) is 90.3 Å². The normalized spacial score (nSPS) is 14.5. The highest BCUT2D eigenvalue weighted by molar-refractivity contribution is 5.95. The maximum atomic E-state index is 13.9. The van der Waals surface area contributed by atoms with Gasteiger partial charge in [0.1, 0.15) is 5.82 Å². The highest BCUT2D eigenvalue weighted by Crippen LogP contribution is 2.38. The van der Waals surface area contributed by atoms with Crippen LogP contribution in [0, 0.1) is 5.82 Å². The molecule has 1 amide bonds. The number of ether oxygens (including phenoxy) is 3. The molecule has 0 N–H and O–H groups in total. The van der Waals surface area contributed by atoms with Gasteiger partial charge in [0.05, 0.1) is 32.4 Å². The Balaban J connectivity index is 1.28. The third kappa shape index (κ3) is 7.28. The van der Waals surface area contributed by atoms with E-state index in [1.807, 2.05) is 30.3 Å². The standard InChI is InChI=1S/C36H44FN5O4/c1-6-17-42-31-11-8-7-10-30(31)38-36(42)41-19-9-18-40(21-22-41)20-16-27(26-12-14-29(37)15-13-26)25-39(2)35(43)28-23-32(44-3)34(46-5)33(24-28)45-4/h6-8,10-15,23-24,27H,1,9,16-22,25H2,2-5H3. The average Bonchev–Trinajstić information content (AvgIpc) is 3.27. The Morgan fingerprint density at radius 2 is 1.72 bits per heavy atom. The minimum Gasteiger partial charge on any atom is -0.493 e. The van der Waals surface area contributed by atoms with E-state index in [0.29, 0.717) is 35.9 Å². The predicted octanol–water partition coefficient (Wildman–Crippen LogP) is 5.85. The molecule has 10 heteroatoms. The topological polar surface area (TPSA) is 72.3 Å². The van der Waals surface area contributed by atoms with E-state index >= 15 is 0 Å². The molecule has 5 rings (SSSR count). The molecule has 9 nitrogen and oxygen atoms in total. The van der Waals surface area contributed by atoms with Gasteiger partial charge in [-0.3, -0.25) is 4.79 Å². The number of aromatic nitrogens is 2. The van der Waals surface area contributed by atoms with Gasteiger partial charge in [0, 0.05) is 51.3 Å². The molecule has 1 fully saturated rings. The summed E-state index contributed by atoms with van der Waals surface area (Å²) >= 11 is 0. The molecule has 0 saturated carbocycles. The molecule has 3 aromatic carbocycles. The highest BCUT2D eigenvalue weighted by atomic mass is 19.1. The number of hydrogen-bond acceptors (Lipinski definition) is 7. The van der Waals surface area contributed by atoms with Crippen LogP contribution in [0.25, 0.3) is 11.0 Å². The Labute approximate surface area is 270 Å². The Hall–Kier alpha value is -4.57. The van der Waals surface area contributed by atoms with Crippen LogP contribution in [0.3, 0.4) is 0 Å². The van der Waals surface area contributed by atoms with Gasteiger partial charge in [-0.15, -0.1) is 6.58 Å². The fourth-order valence-electron chi connectivity index (χ4n) is 6.28. The fourth-order valence-corrected chi connectivity index (χ4v) is 6.28. The SMILES string of the molecule is C=CCn1c(N2CCCN(CCC(CN(C)C(=O)c3cc(OC)c(OC)c(OC)c3)c3ccc(F)cc3)CC2)nc2ccccc21. The van der Waals surface area contributed by atoms with Crippen LogP contribution in [0.2, 0.25) is 0 Å². The Bertz CT molecular complexity index is 1610. The molecule has 1 aliphatic rings. The summed E-state index contributed by atoms with van der Waals surface area (Å²) in [6, 6.07) is 18.2. The van der Waals surface area contributed by atoms with Gasteiger partial charge >= 0.3 is 0 Å². The van der Waals surface area contributed by atoms with E-state index in [1.165, 1.54) is 33.5 Å². The number of imidazole rings is 1. The lowest BCUT2D eigenvalue weighted by Crippen LogP contribution is -2.35. The van der Waals surface area contributed by atoms with Crippen molar-refractivity contribution < 1.29 is 23.4 Å². The average molecular weight is 630 g/mol. The van der Waals surface area contributed by atoms with E-state index in [1.54, 1.807) is 24.1 Å². The summed E-state index contributed by atoms with van der Waals surface area (Å²) in [5, 5.41) is 0. The Kier molecular flexibility index (Phi) is 10.8. The highest BCUT2D eigenvalue weighted by Gasteiger charge is 2.25. The van der Waals surface area contributed by atoms with E-state index in [2.05, 4.69) is 33.1 Å². The number of para-hydroxylation sites is 2. The van der Waals surface area contributed by atoms with Crippen molar-refractivity contribution >= 4 is 22.9 Å². The van der Waals surface area contributed by atoms with Gasteiger partial charge in [-0.05, 0) is 67.9 Å². The first kappa shape index (κ1) is 32.8. The Morgan fingerprint density at radius 3 is 2.39 bits per heavy atom. The molecule has 0 bridgehead atoms. The molecule has 1 atom stereocenters. The van der Waals surface area contributed by atoms with E-state index in [4.69, 9.17) is 19.2 Å². The van der Waals surface area contributed by atoms with Crippen LogP contribution >= 0.6 is 0 Å². The van der Waals surface area contributed by atoms with Crippen LogP contribution in [-0.2, 0) is 6.54 Å². The van der Waals surface area contributed by atoms with Crippen molar-refractivity contribution in [3.63, 3.8) is 0 Å². The lowest BCUT2D eigenvalue weighted by atomic mass is 9.94. The zero-order valence-electron chi connectivity index (χ0n) is 27.2.